The van der Waals surface area contributed by atoms with E-state index < -0.39 is 35.8 Å². The third-order valence-corrected chi connectivity index (χ3v) is 6.04. The predicted octanol–water partition coefficient (Wildman–Crippen LogP) is 4.71. The highest BCUT2D eigenvalue weighted by Crippen LogP contribution is 2.28. The van der Waals surface area contributed by atoms with Crippen LogP contribution in [-0.2, 0) is 26.1 Å². The van der Waals surface area contributed by atoms with Crippen LogP contribution in [0.4, 0.5) is 13.2 Å². The number of benzene rings is 1. The van der Waals surface area contributed by atoms with E-state index in [4.69, 9.17) is 9.47 Å². The summed E-state index contributed by atoms with van der Waals surface area (Å²) in [6, 6.07) is 8.42. The number of carbonyl (C=O) groups excluding carboxylic acids is 1. The first-order valence-electron chi connectivity index (χ1n) is 10.2. The summed E-state index contributed by atoms with van der Waals surface area (Å²) in [6.45, 7) is 5.20. The van der Waals surface area contributed by atoms with Crippen LogP contribution in [0.5, 0.6) is 5.75 Å². The zero-order valence-electron chi connectivity index (χ0n) is 18.5. The minimum Gasteiger partial charge on any atom is -0.484 e. The number of ether oxygens (including phenoxy) is 2. The van der Waals surface area contributed by atoms with Gasteiger partial charge in [-0.1, -0.05) is 26.0 Å². The number of halogens is 3. The molecule has 2 heterocycles. The number of imidazole rings is 1. The summed E-state index contributed by atoms with van der Waals surface area (Å²) in [5.74, 6) is -0.850. The van der Waals surface area contributed by atoms with Crippen LogP contribution in [0.1, 0.15) is 38.3 Å². The minimum absolute atomic E-state index is 0.0158. The van der Waals surface area contributed by atoms with Gasteiger partial charge in [0.15, 0.2) is 12.8 Å². The standard InChI is InChI=1S/C22H24F3N3O4S/c1-13(2)20(29)32-15(4)28-18-8-6-5-7-16(18)27-21(28)33(30)11-17-14(3)19(9-10-26-17)31-12-22(23,24)25/h5-10,13,15H,11-12H2,1-4H3. The van der Waals surface area contributed by atoms with Gasteiger partial charge in [0.25, 0.3) is 0 Å². The number of carbonyl (C=O) groups is 1. The zero-order valence-corrected chi connectivity index (χ0v) is 19.4. The molecule has 3 rings (SSSR count). The number of esters is 1. The molecule has 0 spiro atoms. The van der Waals surface area contributed by atoms with Crippen LogP contribution in [0.3, 0.4) is 0 Å². The highest BCUT2D eigenvalue weighted by Gasteiger charge is 2.29. The van der Waals surface area contributed by atoms with Gasteiger partial charge >= 0.3 is 12.1 Å². The first kappa shape index (κ1) is 24.7. The SMILES string of the molecule is Cc1c(OCC(F)(F)F)ccnc1CS(=O)c1nc2ccccc2n1C(C)OC(=O)C(C)C. The Morgan fingerprint density at radius 3 is 2.55 bits per heavy atom. The summed E-state index contributed by atoms with van der Waals surface area (Å²) >= 11 is 0. The second-order valence-electron chi connectivity index (χ2n) is 7.72. The molecule has 11 heteroatoms. The van der Waals surface area contributed by atoms with E-state index in [1.807, 2.05) is 0 Å². The number of nitrogens with zero attached hydrogens (tertiary/aromatic N) is 3. The van der Waals surface area contributed by atoms with Crippen molar-refractivity contribution in [2.24, 2.45) is 5.92 Å². The summed E-state index contributed by atoms with van der Waals surface area (Å²) in [7, 11) is -1.74. The monoisotopic (exact) mass is 483 g/mol. The number of aromatic nitrogens is 3. The number of alkyl halides is 3. The van der Waals surface area contributed by atoms with E-state index in [0.29, 0.717) is 22.3 Å². The summed E-state index contributed by atoms with van der Waals surface area (Å²) in [5.41, 5.74) is 1.88. The molecule has 2 unspecified atom stereocenters. The summed E-state index contributed by atoms with van der Waals surface area (Å²) in [4.78, 5) is 20.8. The van der Waals surface area contributed by atoms with E-state index in [1.165, 1.54) is 12.3 Å². The van der Waals surface area contributed by atoms with Gasteiger partial charge in [-0.3, -0.25) is 18.6 Å². The zero-order chi connectivity index (χ0) is 24.3. The molecule has 0 N–H and O–H groups in total. The van der Waals surface area contributed by atoms with Crippen LogP contribution in [0, 0.1) is 12.8 Å². The molecule has 0 aliphatic carbocycles. The topological polar surface area (TPSA) is 83.3 Å². The second-order valence-corrected chi connectivity index (χ2v) is 9.06. The lowest BCUT2D eigenvalue weighted by Crippen LogP contribution is -2.21. The lowest BCUT2D eigenvalue weighted by atomic mass is 10.2. The van der Waals surface area contributed by atoms with Gasteiger partial charge in [0.2, 0.25) is 5.16 Å². The van der Waals surface area contributed by atoms with Crippen molar-refractivity contribution < 1.29 is 31.6 Å². The van der Waals surface area contributed by atoms with Crippen molar-refractivity contribution >= 4 is 27.8 Å². The Labute approximate surface area is 191 Å². The van der Waals surface area contributed by atoms with Crippen LogP contribution >= 0.6 is 0 Å². The Kier molecular flexibility index (Phi) is 7.41. The van der Waals surface area contributed by atoms with E-state index >= 15 is 0 Å². The van der Waals surface area contributed by atoms with Gasteiger partial charge < -0.3 is 9.47 Å². The number of hydrogen-bond acceptors (Lipinski definition) is 6. The highest BCUT2D eigenvalue weighted by atomic mass is 32.2. The molecule has 1 aromatic carbocycles. The summed E-state index contributed by atoms with van der Waals surface area (Å²) < 4.78 is 62.9. The second kappa shape index (κ2) is 9.90. The van der Waals surface area contributed by atoms with Gasteiger partial charge in [0.05, 0.1) is 39.2 Å². The third-order valence-electron chi connectivity index (χ3n) is 4.81. The molecule has 0 amide bonds. The van der Waals surface area contributed by atoms with Crippen LogP contribution < -0.4 is 4.74 Å². The number of fused-ring (bicyclic) bond motifs is 1. The Bertz CT molecular complexity index is 1180. The Balaban J connectivity index is 1.93. The fourth-order valence-electron chi connectivity index (χ4n) is 3.10. The van der Waals surface area contributed by atoms with Crippen molar-refractivity contribution in [2.75, 3.05) is 6.61 Å². The normalized spacial score (nSPS) is 13.8. The van der Waals surface area contributed by atoms with Gasteiger partial charge in [-0.15, -0.1) is 0 Å². The Morgan fingerprint density at radius 1 is 1.18 bits per heavy atom. The minimum atomic E-state index is -4.48. The number of para-hydroxylation sites is 2. The van der Waals surface area contributed by atoms with E-state index in [0.717, 1.165) is 0 Å². The van der Waals surface area contributed by atoms with Gasteiger partial charge in [0, 0.05) is 11.8 Å². The number of rotatable bonds is 8. The lowest BCUT2D eigenvalue weighted by Gasteiger charge is -2.19. The van der Waals surface area contributed by atoms with Crippen molar-refractivity contribution in [1.29, 1.82) is 0 Å². The fraction of sp³-hybridized carbons (Fsp3) is 0.409. The molecule has 7 nitrogen and oxygen atoms in total. The lowest BCUT2D eigenvalue weighted by molar-refractivity contribution is -0.156. The predicted molar refractivity (Wildman–Crippen MR) is 116 cm³/mol. The molecular weight excluding hydrogens is 459 g/mol. The molecule has 33 heavy (non-hydrogen) atoms. The van der Waals surface area contributed by atoms with Crippen molar-refractivity contribution in [3.05, 3.63) is 47.8 Å². The fourth-order valence-corrected chi connectivity index (χ4v) is 4.44. The largest absolute Gasteiger partial charge is 0.484 e. The van der Waals surface area contributed by atoms with Gasteiger partial charge in [-0.25, -0.2) is 4.98 Å². The molecule has 0 radical (unpaired) electrons. The van der Waals surface area contributed by atoms with Crippen molar-refractivity contribution in [3.63, 3.8) is 0 Å². The molecule has 0 fully saturated rings. The first-order chi connectivity index (χ1) is 15.5. The molecule has 2 atom stereocenters. The molecule has 0 aliphatic rings. The van der Waals surface area contributed by atoms with E-state index in [-0.39, 0.29) is 22.6 Å². The Hall–Kier alpha value is -2.95. The molecule has 178 valence electrons. The first-order valence-corrected chi connectivity index (χ1v) is 11.5. The molecule has 3 aromatic rings. The molecule has 0 saturated heterocycles. The van der Waals surface area contributed by atoms with E-state index in [1.54, 1.807) is 56.5 Å². The quantitative estimate of drug-likeness (QED) is 0.432. The average molecular weight is 484 g/mol. The van der Waals surface area contributed by atoms with Gasteiger partial charge in [-0.05, 0) is 32.0 Å². The molecule has 2 aromatic heterocycles. The Morgan fingerprint density at radius 2 is 1.88 bits per heavy atom. The summed E-state index contributed by atoms with van der Waals surface area (Å²) in [6.07, 6.45) is -3.95. The van der Waals surface area contributed by atoms with E-state index in [9.17, 15) is 22.2 Å². The molecule has 0 bridgehead atoms. The van der Waals surface area contributed by atoms with Crippen molar-refractivity contribution in [1.82, 2.24) is 14.5 Å². The maximum absolute atomic E-state index is 13.3. The van der Waals surface area contributed by atoms with Crippen molar-refractivity contribution in [3.8, 4) is 5.75 Å². The summed E-state index contributed by atoms with van der Waals surface area (Å²) in [5, 5.41) is 0.170. The maximum Gasteiger partial charge on any atom is 0.422 e. The third kappa shape index (κ3) is 5.89. The molecule has 0 aliphatic heterocycles. The molecule has 0 saturated carbocycles. The van der Waals surface area contributed by atoms with Gasteiger partial charge in [0.1, 0.15) is 5.75 Å². The highest BCUT2D eigenvalue weighted by molar-refractivity contribution is 7.84. The van der Waals surface area contributed by atoms with Gasteiger partial charge in [-0.2, -0.15) is 13.2 Å². The van der Waals surface area contributed by atoms with Crippen LogP contribution in [0.2, 0.25) is 0 Å². The average Bonchev–Trinajstić information content (AvgIpc) is 3.13. The van der Waals surface area contributed by atoms with Crippen LogP contribution in [0.25, 0.3) is 11.0 Å². The number of hydrogen-bond donors (Lipinski definition) is 0. The van der Waals surface area contributed by atoms with Crippen LogP contribution in [-0.4, -0.2) is 37.5 Å². The maximum atomic E-state index is 13.3. The molecular formula is C22H24F3N3O4S. The van der Waals surface area contributed by atoms with Crippen LogP contribution in [0.15, 0.2) is 41.7 Å². The van der Waals surface area contributed by atoms with E-state index in [2.05, 4.69) is 9.97 Å². The smallest absolute Gasteiger partial charge is 0.422 e. The van der Waals surface area contributed by atoms with Crippen molar-refractivity contribution in [2.45, 2.75) is 51.0 Å². The number of pyridine rings is 1.